The molecule has 0 aliphatic heterocycles. The Kier molecular flexibility index (Phi) is 3.09. The highest BCUT2D eigenvalue weighted by Gasteiger charge is 2.41. The Morgan fingerprint density at radius 3 is 2.63 bits per heavy atom. The van der Waals surface area contributed by atoms with Crippen LogP contribution >= 0.6 is 0 Å². The Labute approximate surface area is 104 Å². The van der Waals surface area contributed by atoms with Gasteiger partial charge in [-0.15, -0.1) is 5.10 Å². The number of alkyl halides is 3. The minimum absolute atomic E-state index is 0.193. The number of aromatic nitrogens is 3. The molecular weight excluding hydrogens is 266 g/mol. The molecule has 0 N–H and O–H groups in total. The fourth-order valence-electron chi connectivity index (χ4n) is 1.48. The summed E-state index contributed by atoms with van der Waals surface area (Å²) >= 11 is 0. The Balaban J connectivity index is 2.42. The smallest absolute Gasteiger partial charge is 0.282 e. The van der Waals surface area contributed by atoms with E-state index in [0.717, 1.165) is 10.9 Å². The van der Waals surface area contributed by atoms with Crippen molar-refractivity contribution in [1.29, 1.82) is 0 Å². The van der Waals surface area contributed by atoms with E-state index in [1.165, 1.54) is 25.1 Å². The summed E-state index contributed by atoms with van der Waals surface area (Å²) in [6, 6.07) is 4.04. The van der Waals surface area contributed by atoms with E-state index in [1.54, 1.807) is 0 Å². The molecule has 8 heteroatoms. The monoisotopic (exact) mass is 273 g/mol. The molecule has 0 fully saturated rings. The normalized spacial score (nSPS) is 11.6. The van der Waals surface area contributed by atoms with Gasteiger partial charge in [0.1, 0.15) is 5.82 Å². The van der Waals surface area contributed by atoms with E-state index in [2.05, 4.69) is 10.3 Å². The first kappa shape index (κ1) is 13.2. The molecular formula is C11H7F4N3O. The third-order valence-corrected chi connectivity index (χ3v) is 2.47. The first-order valence-electron chi connectivity index (χ1n) is 5.10. The van der Waals surface area contributed by atoms with E-state index in [1.807, 2.05) is 0 Å². The summed E-state index contributed by atoms with van der Waals surface area (Å²) in [7, 11) is 0. The van der Waals surface area contributed by atoms with Crippen LogP contribution in [0.25, 0.3) is 5.69 Å². The zero-order valence-electron chi connectivity index (χ0n) is 9.57. The van der Waals surface area contributed by atoms with E-state index >= 15 is 0 Å². The van der Waals surface area contributed by atoms with Crippen LogP contribution in [-0.4, -0.2) is 27.0 Å². The lowest BCUT2D eigenvalue weighted by Crippen LogP contribution is -2.23. The number of rotatable bonds is 2. The number of benzene rings is 1. The Hall–Kier alpha value is -2.25. The zero-order valence-corrected chi connectivity index (χ0v) is 9.57. The van der Waals surface area contributed by atoms with Crippen LogP contribution in [0, 0.1) is 12.7 Å². The summed E-state index contributed by atoms with van der Waals surface area (Å²) in [5.74, 6) is -2.62. The first-order valence-corrected chi connectivity index (χ1v) is 5.10. The molecule has 0 aliphatic carbocycles. The van der Waals surface area contributed by atoms with E-state index in [9.17, 15) is 22.4 Å². The molecule has 0 aliphatic rings. The summed E-state index contributed by atoms with van der Waals surface area (Å²) in [6.07, 6.45) is -4.20. The van der Waals surface area contributed by atoms with Gasteiger partial charge in [-0.3, -0.25) is 4.79 Å². The topological polar surface area (TPSA) is 47.8 Å². The van der Waals surface area contributed by atoms with Crippen molar-refractivity contribution in [2.75, 3.05) is 0 Å². The van der Waals surface area contributed by atoms with Gasteiger partial charge in [-0.2, -0.15) is 13.2 Å². The third-order valence-electron chi connectivity index (χ3n) is 2.47. The van der Waals surface area contributed by atoms with Gasteiger partial charge in [-0.1, -0.05) is 11.3 Å². The molecule has 2 rings (SSSR count). The van der Waals surface area contributed by atoms with Crippen molar-refractivity contribution in [3.05, 3.63) is 41.5 Å². The van der Waals surface area contributed by atoms with Gasteiger partial charge in [0.2, 0.25) is 0 Å². The van der Waals surface area contributed by atoms with Gasteiger partial charge >= 0.3 is 6.18 Å². The minimum Gasteiger partial charge on any atom is -0.282 e. The summed E-state index contributed by atoms with van der Waals surface area (Å²) in [5.41, 5.74) is -0.428. The molecule has 100 valence electrons. The van der Waals surface area contributed by atoms with Gasteiger partial charge in [-0.05, 0) is 19.1 Å². The summed E-state index contributed by atoms with van der Waals surface area (Å²) in [5, 5.41) is 6.55. The molecule has 0 radical (unpaired) electrons. The Bertz CT molecular complexity index is 633. The summed E-state index contributed by atoms with van der Waals surface area (Å²) in [6.45, 7) is 1.44. The molecule has 19 heavy (non-hydrogen) atoms. The maximum Gasteiger partial charge on any atom is 0.456 e. The number of carbonyl (C=O) groups excluding carboxylic acids is 1. The SMILES string of the molecule is Cc1c(F)cccc1-n1cc(C(=O)C(F)(F)F)nn1. The average Bonchev–Trinajstić information content (AvgIpc) is 2.79. The van der Waals surface area contributed by atoms with Crippen LogP contribution < -0.4 is 0 Å². The van der Waals surface area contributed by atoms with Crippen molar-refractivity contribution < 1.29 is 22.4 Å². The van der Waals surface area contributed by atoms with Crippen LogP contribution in [0.3, 0.4) is 0 Å². The fraction of sp³-hybridized carbons (Fsp3) is 0.182. The van der Waals surface area contributed by atoms with Crippen molar-refractivity contribution in [2.45, 2.75) is 13.1 Å². The van der Waals surface area contributed by atoms with Crippen LogP contribution in [0.4, 0.5) is 17.6 Å². The molecule has 1 aromatic heterocycles. The molecule has 0 atom stereocenters. The van der Waals surface area contributed by atoms with Crippen LogP contribution in [0.15, 0.2) is 24.4 Å². The molecule has 1 heterocycles. The van der Waals surface area contributed by atoms with Crippen LogP contribution in [0.5, 0.6) is 0 Å². The second-order valence-electron chi connectivity index (χ2n) is 3.76. The second kappa shape index (κ2) is 4.45. The van der Waals surface area contributed by atoms with Crippen molar-refractivity contribution in [2.24, 2.45) is 0 Å². The van der Waals surface area contributed by atoms with Crippen molar-refractivity contribution in [3.63, 3.8) is 0 Å². The van der Waals surface area contributed by atoms with Crippen molar-refractivity contribution in [1.82, 2.24) is 15.0 Å². The molecule has 2 aromatic rings. The van der Waals surface area contributed by atoms with E-state index < -0.39 is 23.5 Å². The first-order chi connectivity index (χ1) is 8.80. The van der Waals surface area contributed by atoms with Gasteiger partial charge in [0, 0.05) is 5.56 Å². The number of halogens is 4. The molecule has 4 nitrogen and oxygen atoms in total. The second-order valence-corrected chi connectivity index (χ2v) is 3.76. The molecule has 0 saturated heterocycles. The van der Waals surface area contributed by atoms with Gasteiger partial charge in [0.15, 0.2) is 5.69 Å². The Morgan fingerprint density at radius 1 is 1.32 bits per heavy atom. The highest BCUT2D eigenvalue weighted by molar-refractivity contribution is 5.98. The summed E-state index contributed by atoms with van der Waals surface area (Å²) < 4.78 is 50.8. The fourth-order valence-corrected chi connectivity index (χ4v) is 1.48. The standard InChI is InChI=1S/C11H7F4N3O/c1-6-7(12)3-2-4-9(6)18-5-8(16-17-18)10(19)11(13,14)15/h2-5H,1H3. The largest absolute Gasteiger partial charge is 0.456 e. The predicted octanol–water partition coefficient (Wildman–Crippen LogP) is 2.46. The lowest BCUT2D eigenvalue weighted by atomic mass is 10.2. The highest BCUT2D eigenvalue weighted by Crippen LogP contribution is 2.21. The number of ketones is 1. The van der Waals surface area contributed by atoms with E-state index in [-0.39, 0.29) is 11.3 Å². The van der Waals surface area contributed by atoms with E-state index in [0.29, 0.717) is 0 Å². The maximum atomic E-state index is 13.3. The number of hydrogen-bond donors (Lipinski definition) is 0. The molecule has 0 saturated carbocycles. The Morgan fingerprint density at radius 2 is 2.00 bits per heavy atom. The number of hydrogen-bond acceptors (Lipinski definition) is 3. The van der Waals surface area contributed by atoms with Gasteiger partial charge in [0.25, 0.3) is 5.78 Å². The predicted molar refractivity (Wildman–Crippen MR) is 56.4 cm³/mol. The highest BCUT2D eigenvalue weighted by atomic mass is 19.4. The van der Waals surface area contributed by atoms with Crippen LogP contribution in [0.1, 0.15) is 16.1 Å². The molecule has 0 amide bonds. The molecule has 0 spiro atoms. The van der Waals surface area contributed by atoms with Gasteiger partial charge < -0.3 is 0 Å². The zero-order chi connectivity index (χ0) is 14.2. The number of Topliss-reactive ketones (excluding diaryl/α,β-unsaturated/α-hetero) is 1. The van der Waals surface area contributed by atoms with Crippen molar-refractivity contribution in [3.8, 4) is 5.69 Å². The van der Waals surface area contributed by atoms with Gasteiger partial charge in [-0.25, -0.2) is 9.07 Å². The van der Waals surface area contributed by atoms with Crippen LogP contribution in [0.2, 0.25) is 0 Å². The maximum absolute atomic E-state index is 13.3. The lowest BCUT2D eigenvalue weighted by molar-refractivity contribution is -0.0888. The van der Waals surface area contributed by atoms with E-state index in [4.69, 9.17) is 0 Å². The quantitative estimate of drug-likeness (QED) is 0.623. The lowest BCUT2D eigenvalue weighted by Gasteiger charge is -2.05. The summed E-state index contributed by atoms with van der Waals surface area (Å²) in [4.78, 5) is 10.9. The molecule has 1 aromatic carbocycles. The van der Waals surface area contributed by atoms with Gasteiger partial charge in [0.05, 0.1) is 11.9 Å². The number of carbonyl (C=O) groups is 1. The van der Waals surface area contributed by atoms with Crippen LogP contribution in [-0.2, 0) is 0 Å². The molecule has 0 bridgehead atoms. The molecule has 0 unspecified atom stereocenters. The third kappa shape index (κ3) is 2.47. The number of nitrogens with zero attached hydrogens (tertiary/aromatic N) is 3. The minimum atomic E-state index is -5.02. The average molecular weight is 273 g/mol. The van der Waals surface area contributed by atoms with Crippen molar-refractivity contribution >= 4 is 5.78 Å².